The predicted molar refractivity (Wildman–Crippen MR) is 134 cm³/mol. The molecule has 0 saturated heterocycles. The second kappa shape index (κ2) is 10.7. The highest BCUT2D eigenvalue weighted by Crippen LogP contribution is 2.22. The number of aromatic nitrogens is 1. The van der Waals surface area contributed by atoms with E-state index in [1.165, 1.54) is 43.5 Å². The van der Waals surface area contributed by atoms with Crippen molar-refractivity contribution < 1.29 is 29.6 Å². The van der Waals surface area contributed by atoms with E-state index < -0.39 is 17.9 Å². The van der Waals surface area contributed by atoms with Crippen LogP contribution in [0.25, 0.3) is 10.9 Å². The summed E-state index contributed by atoms with van der Waals surface area (Å²) < 4.78 is 4.68. The molecule has 3 aromatic carbocycles. The number of aromatic amines is 1. The number of aliphatic hydroxyl groups is 1. The lowest BCUT2D eigenvalue weighted by atomic mass is 10.0. The highest BCUT2D eigenvalue weighted by atomic mass is 16.5. The van der Waals surface area contributed by atoms with E-state index in [1.54, 1.807) is 0 Å². The van der Waals surface area contributed by atoms with Crippen LogP contribution < -0.4 is 5.32 Å². The number of esters is 1. The van der Waals surface area contributed by atoms with Crippen molar-refractivity contribution in [1.29, 1.82) is 0 Å². The summed E-state index contributed by atoms with van der Waals surface area (Å²) in [5.74, 6) is 4.11. The van der Waals surface area contributed by atoms with Crippen molar-refractivity contribution >= 4 is 22.8 Å². The van der Waals surface area contributed by atoms with E-state index in [0.717, 1.165) is 16.5 Å². The first-order valence-electron chi connectivity index (χ1n) is 11.1. The van der Waals surface area contributed by atoms with E-state index >= 15 is 0 Å². The van der Waals surface area contributed by atoms with Crippen molar-refractivity contribution in [2.75, 3.05) is 13.7 Å². The maximum atomic E-state index is 12.9. The smallest absolute Gasteiger partial charge is 0.337 e. The standard InChI is InChI=1S/C28H24N2O6/c1-36-28(35)19-9-11-25(32)18(13-19)8-6-17-7-10-26(33)23(12-17)27(34)30-21(16-31)14-20-15-29-24-5-3-2-4-22(20)24/h2-5,7,9-13,15,21,29,31-33H,14,16H2,1H3,(H,30,34). The molecule has 0 aliphatic rings. The Labute approximate surface area is 207 Å². The maximum absolute atomic E-state index is 12.9. The second-order valence-electron chi connectivity index (χ2n) is 8.12. The van der Waals surface area contributed by atoms with Crippen LogP contribution in [0.2, 0.25) is 0 Å². The van der Waals surface area contributed by atoms with E-state index in [1.807, 2.05) is 30.5 Å². The Hall–Kier alpha value is -4.74. The van der Waals surface area contributed by atoms with Gasteiger partial charge in [0.2, 0.25) is 0 Å². The Kier molecular flexibility index (Phi) is 7.23. The number of amides is 1. The number of phenolic OH excluding ortho intramolecular Hbond substituents is 2. The summed E-state index contributed by atoms with van der Waals surface area (Å²) >= 11 is 0. The monoisotopic (exact) mass is 484 g/mol. The Morgan fingerprint density at radius 2 is 1.81 bits per heavy atom. The fourth-order valence-corrected chi connectivity index (χ4v) is 3.81. The minimum Gasteiger partial charge on any atom is -0.507 e. The molecule has 0 radical (unpaired) electrons. The topological polar surface area (TPSA) is 132 Å². The molecule has 1 aromatic heterocycles. The molecule has 4 rings (SSSR count). The molecule has 182 valence electrons. The lowest BCUT2D eigenvalue weighted by molar-refractivity contribution is 0.0600. The quantitative estimate of drug-likeness (QED) is 0.211. The van der Waals surface area contributed by atoms with E-state index in [0.29, 0.717) is 12.0 Å². The largest absolute Gasteiger partial charge is 0.507 e. The first-order chi connectivity index (χ1) is 17.4. The molecule has 1 amide bonds. The van der Waals surface area contributed by atoms with Crippen LogP contribution in [0, 0.1) is 11.8 Å². The number of hydrogen-bond acceptors (Lipinski definition) is 6. The molecule has 0 aliphatic heterocycles. The number of rotatable bonds is 6. The van der Waals surface area contributed by atoms with Crippen LogP contribution in [0.5, 0.6) is 11.5 Å². The Bertz CT molecular complexity index is 1490. The fourth-order valence-electron chi connectivity index (χ4n) is 3.81. The van der Waals surface area contributed by atoms with Crippen LogP contribution in [0.4, 0.5) is 0 Å². The van der Waals surface area contributed by atoms with Gasteiger partial charge in [0.25, 0.3) is 5.91 Å². The second-order valence-corrected chi connectivity index (χ2v) is 8.12. The number of nitrogens with one attached hydrogen (secondary N) is 2. The third kappa shape index (κ3) is 5.32. The highest BCUT2D eigenvalue weighted by molar-refractivity contribution is 5.97. The summed E-state index contributed by atoms with van der Waals surface area (Å²) in [6, 6.07) is 15.6. The summed E-state index contributed by atoms with van der Waals surface area (Å²) in [5, 5.41) is 34.0. The Morgan fingerprint density at radius 3 is 2.58 bits per heavy atom. The summed E-state index contributed by atoms with van der Waals surface area (Å²) in [4.78, 5) is 27.8. The average Bonchev–Trinajstić information content (AvgIpc) is 3.30. The number of fused-ring (bicyclic) bond motifs is 1. The molecule has 36 heavy (non-hydrogen) atoms. The maximum Gasteiger partial charge on any atom is 0.337 e. The van der Waals surface area contributed by atoms with Gasteiger partial charge in [-0.1, -0.05) is 30.0 Å². The molecule has 0 bridgehead atoms. The van der Waals surface area contributed by atoms with Gasteiger partial charge in [-0.3, -0.25) is 4.79 Å². The number of aromatic hydroxyl groups is 2. The van der Waals surface area contributed by atoms with Gasteiger partial charge < -0.3 is 30.4 Å². The first kappa shape index (κ1) is 24.4. The molecule has 0 fully saturated rings. The van der Waals surface area contributed by atoms with E-state index in [9.17, 15) is 24.9 Å². The number of carbonyl (C=O) groups is 2. The van der Waals surface area contributed by atoms with Gasteiger partial charge in [-0.25, -0.2) is 4.79 Å². The van der Waals surface area contributed by atoms with Gasteiger partial charge in [0.15, 0.2) is 0 Å². The molecule has 1 heterocycles. The fraction of sp³-hybridized carbons (Fsp3) is 0.143. The molecule has 0 spiro atoms. The number of phenols is 2. The number of ether oxygens (including phenoxy) is 1. The van der Waals surface area contributed by atoms with E-state index in [2.05, 4.69) is 26.9 Å². The van der Waals surface area contributed by atoms with Crippen molar-refractivity contribution in [1.82, 2.24) is 10.3 Å². The SMILES string of the molecule is COC(=O)c1ccc(O)c(C#Cc2ccc(O)c(C(=O)NC(CO)Cc3c[nH]c4ccccc34)c2)c1. The van der Waals surface area contributed by atoms with Crippen molar-refractivity contribution in [2.45, 2.75) is 12.5 Å². The molecule has 0 aliphatic carbocycles. The van der Waals surface area contributed by atoms with Crippen LogP contribution in [0.3, 0.4) is 0 Å². The van der Waals surface area contributed by atoms with Crippen LogP contribution >= 0.6 is 0 Å². The molecule has 0 saturated carbocycles. The molecule has 5 N–H and O–H groups in total. The normalized spacial score (nSPS) is 11.4. The van der Waals surface area contributed by atoms with Crippen LogP contribution in [0.1, 0.15) is 37.4 Å². The van der Waals surface area contributed by atoms with Gasteiger partial charge in [0.1, 0.15) is 11.5 Å². The number of benzene rings is 3. The first-order valence-corrected chi connectivity index (χ1v) is 11.1. The van der Waals surface area contributed by atoms with Crippen LogP contribution in [0.15, 0.2) is 66.9 Å². The van der Waals surface area contributed by atoms with E-state index in [4.69, 9.17) is 0 Å². The molecule has 8 heteroatoms. The molecule has 1 unspecified atom stereocenters. The Balaban J connectivity index is 1.53. The minimum absolute atomic E-state index is 0.00768. The lowest BCUT2D eigenvalue weighted by Gasteiger charge is -2.16. The number of H-pyrrole nitrogens is 1. The van der Waals surface area contributed by atoms with Gasteiger partial charge in [0.05, 0.1) is 36.4 Å². The van der Waals surface area contributed by atoms with Gasteiger partial charge >= 0.3 is 5.97 Å². The molecule has 4 aromatic rings. The summed E-state index contributed by atoms with van der Waals surface area (Å²) in [6.45, 7) is -0.290. The third-order valence-corrected chi connectivity index (χ3v) is 5.70. The molecular formula is C28H24N2O6. The third-order valence-electron chi connectivity index (χ3n) is 5.70. The summed E-state index contributed by atoms with van der Waals surface area (Å²) in [5.41, 5.74) is 2.74. The zero-order chi connectivity index (χ0) is 25.7. The number of aliphatic hydroxyl groups excluding tert-OH is 1. The number of carbonyl (C=O) groups excluding carboxylic acids is 2. The van der Waals surface area contributed by atoms with Crippen molar-refractivity contribution in [2.24, 2.45) is 0 Å². The van der Waals surface area contributed by atoms with Gasteiger partial charge in [-0.05, 0) is 54.4 Å². The average molecular weight is 485 g/mol. The van der Waals surface area contributed by atoms with Crippen molar-refractivity contribution in [3.05, 3.63) is 94.7 Å². The van der Waals surface area contributed by atoms with Crippen LogP contribution in [-0.2, 0) is 11.2 Å². The van der Waals surface area contributed by atoms with E-state index in [-0.39, 0.29) is 34.8 Å². The molecule has 8 nitrogen and oxygen atoms in total. The number of hydrogen-bond donors (Lipinski definition) is 5. The Morgan fingerprint density at radius 1 is 1.03 bits per heavy atom. The lowest BCUT2D eigenvalue weighted by Crippen LogP contribution is -2.39. The van der Waals surface area contributed by atoms with Crippen molar-refractivity contribution in [3.63, 3.8) is 0 Å². The van der Waals surface area contributed by atoms with Gasteiger partial charge in [0, 0.05) is 22.7 Å². The van der Waals surface area contributed by atoms with Crippen molar-refractivity contribution in [3.8, 4) is 23.3 Å². The zero-order valence-corrected chi connectivity index (χ0v) is 19.4. The summed E-state index contributed by atoms with van der Waals surface area (Å²) in [7, 11) is 1.26. The van der Waals surface area contributed by atoms with Crippen LogP contribution in [-0.4, -0.2) is 51.9 Å². The zero-order valence-electron chi connectivity index (χ0n) is 19.4. The number of para-hydroxylation sites is 1. The minimum atomic E-state index is -0.580. The molecule has 1 atom stereocenters. The van der Waals surface area contributed by atoms with Gasteiger partial charge in [-0.15, -0.1) is 0 Å². The number of methoxy groups -OCH3 is 1. The predicted octanol–water partition coefficient (Wildman–Crippen LogP) is 3.10. The summed E-state index contributed by atoms with van der Waals surface area (Å²) in [6.07, 6.45) is 2.24. The van der Waals surface area contributed by atoms with Gasteiger partial charge in [-0.2, -0.15) is 0 Å². The molecular weight excluding hydrogens is 460 g/mol. The highest BCUT2D eigenvalue weighted by Gasteiger charge is 2.18.